The molecule has 30 heavy (non-hydrogen) atoms. The number of ether oxygens (including phenoxy) is 1. The monoisotopic (exact) mass is 399 g/mol. The first-order valence-electron chi connectivity index (χ1n) is 9.90. The third-order valence-electron chi connectivity index (χ3n) is 5.09. The normalized spacial score (nSPS) is 11.2. The molecule has 0 spiro atoms. The molecular weight excluding hydrogens is 374 g/mol. The van der Waals surface area contributed by atoms with Crippen LogP contribution < -0.4 is 4.74 Å². The summed E-state index contributed by atoms with van der Waals surface area (Å²) in [6.07, 6.45) is 0.742. The quantitative estimate of drug-likeness (QED) is 0.426. The van der Waals surface area contributed by atoms with Gasteiger partial charge in [0.15, 0.2) is 0 Å². The Labute approximate surface area is 176 Å². The van der Waals surface area contributed by atoms with E-state index in [4.69, 9.17) is 4.74 Å². The van der Waals surface area contributed by atoms with Crippen LogP contribution in [-0.2, 0) is 6.42 Å². The van der Waals surface area contributed by atoms with Crippen molar-refractivity contribution in [2.75, 3.05) is 20.8 Å². The highest BCUT2D eigenvalue weighted by Crippen LogP contribution is 2.34. The molecule has 4 heteroatoms. The molecule has 0 saturated heterocycles. The first-order valence-corrected chi connectivity index (χ1v) is 9.90. The summed E-state index contributed by atoms with van der Waals surface area (Å²) >= 11 is 0. The summed E-state index contributed by atoms with van der Waals surface area (Å²) in [5, 5.41) is 21.7. The van der Waals surface area contributed by atoms with Crippen LogP contribution in [0.2, 0.25) is 0 Å². The number of aromatic hydroxyl groups is 2. The molecule has 0 fully saturated rings. The maximum Gasteiger partial charge on any atom is 0.141 e. The number of fused-ring (bicyclic) bond motifs is 1. The van der Waals surface area contributed by atoms with E-state index in [0.29, 0.717) is 6.73 Å². The molecule has 2 N–H and O–H groups in total. The van der Waals surface area contributed by atoms with E-state index in [0.717, 1.165) is 34.1 Å². The van der Waals surface area contributed by atoms with Gasteiger partial charge in [0.25, 0.3) is 0 Å². The molecule has 0 amide bonds. The third-order valence-corrected chi connectivity index (χ3v) is 5.09. The molecular formula is C26H25NO3. The average Bonchev–Trinajstić information content (AvgIpc) is 2.74. The molecule has 0 aliphatic carbocycles. The summed E-state index contributed by atoms with van der Waals surface area (Å²) in [5.74, 6) is 1.35. The lowest BCUT2D eigenvalue weighted by Gasteiger charge is -2.15. The van der Waals surface area contributed by atoms with Crippen molar-refractivity contribution in [3.63, 3.8) is 0 Å². The number of hydrogen-bond donors (Lipinski definition) is 2. The first-order chi connectivity index (χ1) is 14.5. The second-order valence-corrected chi connectivity index (χ2v) is 7.72. The highest BCUT2D eigenvalue weighted by atomic mass is 16.5. The van der Waals surface area contributed by atoms with Crippen molar-refractivity contribution in [1.82, 2.24) is 4.90 Å². The van der Waals surface area contributed by atoms with Gasteiger partial charge in [0, 0.05) is 0 Å². The van der Waals surface area contributed by atoms with Gasteiger partial charge in [0.1, 0.15) is 24.0 Å². The van der Waals surface area contributed by atoms with E-state index in [-0.39, 0.29) is 11.5 Å². The van der Waals surface area contributed by atoms with E-state index in [1.165, 1.54) is 11.1 Å². The smallest absolute Gasteiger partial charge is 0.141 e. The van der Waals surface area contributed by atoms with Crippen LogP contribution >= 0.6 is 0 Å². The molecule has 0 aliphatic rings. The molecule has 0 heterocycles. The number of phenolic OH excluding ortho intramolecular Hbond substituents is 2. The molecule has 0 unspecified atom stereocenters. The van der Waals surface area contributed by atoms with E-state index in [1.54, 1.807) is 24.3 Å². The Morgan fingerprint density at radius 1 is 0.767 bits per heavy atom. The van der Waals surface area contributed by atoms with Gasteiger partial charge in [-0.15, -0.1) is 0 Å². The molecule has 0 aliphatic heterocycles. The molecule has 4 nitrogen and oxygen atoms in total. The van der Waals surface area contributed by atoms with E-state index >= 15 is 0 Å². The highest BCUT2D eigenvalue weighted by molar-refractivity contribution is 5.93. The van der Waals surface area contributed by atoms with E-state index in [1.807, 2.05) is 55.4 Å². The standard InChI is InChI=1S/C26H25NO3/c1-27(2)17-30-23-11-3-18(4-12-23)15-26-24(19-5-8-21(28)9-6-19)13-7-20-16-22(29)10-14-25(20)26/h3-14,16,28-29H,15,17H2,1-2H3. The fraction of sp³-hybridized carbons (Fsp3) is 0.154. The predicted octanol–water partition coefficient (Wildman–Crippen LogP) is 5.41. The minimum absolute atomic E-state index is 0.249. The Morgan fingerprint density at radius 2 is 1.47 bits per heavy atom. The molecule has 0 saturated carbocycles. The highest BCUT2D eigenvalue weighted by Gasteiger charge is 2.12. The fourth-order valence-electron chi connectivity index (χ4n) is 3.59. The minimum atomic E-state index is 0.249. The summed E-state index contributed by atoms with van der Waals surface area (Å²) < 4.78 is 5.73. The van der Waals surface area contributed by atoms with Crippen LogP contribution in [0.15, 0.2) is 78.9 Å². The van der Waals surface area contributed by atoms with Crippen LogP contribution in [0.5, 0.6) is 17.2 Å². The zero-order valence-corrected chi connectivity index (χ0v) is 17.2. The van der Waals surface area contributed by atoms with Crippen LogP contribution in [0, 0.1) is 0 Å². The van der Waals surface area contributed by atoms with Crippen molar-refractivity contribution in [3.8, 4) is 28.4 Å². The number of phenols is 2. The predicted molar refractivity (Wildman–Crippen MR) is 121 cm³/mol. The van der Waals surface area contributed by atoms with Crippen LogP contribution in [0.3, 0.4) is 0 Å². The number of benzene rings is 4. The van der Waals surface area contributed by atoms with Crippen LogP contribution in [0.25, 0.3) is 21.9 Å². The zero-order chi connectivity index (χ0) is 21.1. The molecule has 0 atom stereocenters. The van der Waals surface area contributed by atoms with Crippen molar-refractivity contribution >= 4 is 10.8 Å². The zero-order valence-electron chi connectivity index (χ0n) is 17.2. The van der Waals surface area contributed by atoms with Gasteiger partial charge in [0.2, 0.25) is 0 Å². The first kappa shape index (κ1) is 19.8. The van der Waals surface area contributed by atoms with Gasteiger partial charge >= 0.3 is 0 Å². The van der Waals surface area contributed by atoms with Crippen molar-refractivity contribution in [2.45, 2.75) is 6.42 Å². The van der Waals surface area contributed by atoms with Crippen molar-refractivity contribution in [2.24, 2.45) is 0 Å². The maximum absolute atomic E-state index is 9.90. The average molecular weight is 399 g/mol. The second-order valence-electron chi connectivity index (χ2n) is 7.72. The Kier molecular flexibility index (Phi) is 5.59. The molecule has 4 rings (SSSR count). The summed E-state index contributed by atoms with van der Waals surface area (Å²) in [7, 11) is 3.94. The lowest BCUT2D eigenvalue weighted by Crippen LogP contribution is -2.18. The van der Waals surface area contributed by atoms with E-state index in [9.17, 15) is 10.2 Å². The van der Waals surface area contributed by atoms with E-state index < -0.39 is 0 Å². The van der Waals surface area contributed by atoms with Gasteiger partial charge < -0.3 is 14.9 Å². The largest absolute Gasteiger partial charge is 0.508 e. The summed E-state index contributed by atoms with van der Waals surface area (Å²) in [4.78, 5) is 1.98. The summed E-state index contributed by atoms with van der Waals surface area (Å²) in [5.41, 5.74) is 4.51. The fourth-order valence-corrected chi connectivity index (χ4v) is 3.59. The number of nitrogens with zero attached hydrogens (tertiary/aromatic N) is 1. The Hall–Kier alpha value is -3.50. The van der Waals surface area contributed by atoms with Crippen molar-refractivity contribution in [3.05, 3.63) is 90.0 Å². The Bertz CT molecular complexity index is 1150. The summed E-state index contributed by atoms with van der Waals surface area (Å²) in [6, 6.07) is 25.0. The Morgan fingerprint density at radius 3 is 2.17 bits per heavy atom. The van der Waals surface area contributed by atoms with Gasteiger partial charge in [-0.3, -0.25) is 4.90 Å². The van der Waals surface area contributed by atoms with Gasteiger partial charge in [-0.05, 0) is 89.9 Å². The molecule has 0 bridgehead atoms. The minimum Gasteiger partial charge on any atom is -0.508 e. The molecule has 4 aromatic carbocycles. The van der Waals surface area contributed by atoms with Crippen molar-refractivity contribution in [1.29, 1.82) is 0 Å². The van der Waals surface area contributed by atoms with Crippen LogP contribution in [-0.4, -0.2) is 35.9 Å². The lowest BCUT2D eigenvalue weighted by atomic mass is 9.90. The molecule has 0 radical (unpaired) electrons. The van der Waals surface area contributed by atoms with Gasteiger partial charge in [0.05, 0.1) is 0 Å². The summed E-state index contributed by atoms with van der Waals surface area (Å²) in [6.45, 7) is 0.539. The lowest BCUT2D eigenvalue weighted by molar-refractivity contribution is 0.179. The Balaban J connectivity index is 1.74. The van der Waals surface area contributed by atoms with Gasteiger partial charge in [-0.1, -0.05) is 42.5 Å². The van der Waals surface area contributed by atoms with E-state index in [2.05, 4.69) is 18.2 Å². The van der Waals surface area contributed by atoms with Crippen LogP contribution in [0.4, 0.5) is 0 Å². The SMILES string of the molecule is CN(C)COc1ccc(Cc2c(-c3ccc(O)cc3)ccc3cc(O)ccc23)cc1. The van der Waals surface area contributed by atoms with Gasteiger partial charge in [-0.25, -0.2) is 0 Å². The third kappa shape index (κ3) is 4.39. The molecule has 152 valence electrons. The van der Waals surface area contributed by atoms with Crippen LogP contribution in [0.1, 0.15) is 11.1 Å². The number of rotatable bonds is 6. The second kappa shape index (κ2) is 8.47. The maximum atomic E-state index is 9.90. The van der Waals surface area contributed by atoms with Crippen molar-refractivity contribution < 1.29 is 14.9 Å². The molecule has 4 aromatic rings. The van der Waals surface area contributed by atoms with Gasteiger partial charge in [-0.2, -0.15) is 0 Å². The topological polar surface area (TPSA) is 52.9 Å². The molecule has 0 aromatic heterocycles. The number of hydrogen-bond acceptors (Lipinski definition) is 4.